The fraction of sp³-hybridized carbons (Fsp3) is 0.545. The highest BCUT2D eigenvalue weighted by Gasteiger charge is 2.51. The van der Waals surface area contributed by atoms with Gasteiger partial charge >= 0.3 is 0 Å². The van der Waals surface area contributed by atoms with E-state index in [4.69, 9.17) is 0 Å². The van der Waals surface area contributed by atoms with Gasteiger partial charge < -0.3 is 5.32 Å². The minimum Gasteiger partial charge on any atom is -0.350 e. The lowest BCUT2D eigenvalue weighted by molar-refractivity contribution is -0.122. The maximum absolute atomic E-state index is 12.8. The van der Waals surface area contributed by atoms with Crippen LogP contribution in [0, 0.1) is 17.8 Å². The molecule has 0 aliphatic heterocycles. The highest BCUT2D eigenvalue weighted by Crippen LogP contribution is 2.62. The first-order chi connectivity index (χ1) is 14.5. The first-order valence-electron chi connectivity index (χ1n) is 10.6. The molecular formula is C22H25BrN4O2S. The highest BCUT2D eigenvalue weighted by atomic mass is 79.9. The summed E-state index contributed by atoms with van der Waals surface area (Å²) in [4.78, 5) is 30.0. The number of nitrogens with one attached hydrogen (secondary N) is 1. The van der Waals surface area contributed by atoms with Crippen molar-refractivity contribution < 1.29 is 4.79 Å². The quantitative estimate of drug-likeness (QED) is 0.669. The molecule has 8 heteroatoms. The van der Waals surface area contributed by atoms with Crippen molar-refractivity contribution in [2.24, 2.45) is 17.8 Å². The Morgan fingerprint density at radius 1 is 1.17 bits per heavy atom. The van der Waals surface area contributed by atoms with Crippen LogP contribution in [-0.4, -0.2) is 25.4 Å². The Kier molecular flexibility index (Phi) is 5.47. The molecule has 4 fully saturated rings. The summed E-state index contributed by atoms with van der Waals surface area (Å²) in [5, 5.41) is 7.14. The lowest BCUT2D eigenvalue weighted by Crippen LogP contribution is -2.48. The van der Waals surface area contributed by atoms with Crippen molar-refractivity contribution in [3.63, 3.8) is 0 Å². The van der Waals surface area contributed by atoms with Crippen LogP contribution in [-0.2, 0) is 17.9 Å². The molecule has 158 valence electrons. The van der Waals surface area contributed by atoms with Crippen molar-refractivity contribution in [3.05, 3.63) is 51.1 Å². The molecule has 1 amide bonds. The Morgan fingerprint density at radius 2 is 1.80 bits per heavy atom. The third-order valence-corrected chi connectivity index (χ3v) is 9.29. The number of pyridine rings is 1. The van der Waals surface area contributed by atoms with Gasteiger partial charge in [0.15, 0.2) is 0 Å². The zero-order chi connectivity index (χ0) is 20.7. The van der Waals surface area contributed by atoms with Gasteiger partial charge in [0.05, 0.1) is 10.7 Å². The standard InChI is InChI=1S/C22H25BrN4O2S/c23-20-18(30-22-8-15-5-16(9-22)7-17(6-15)10-22)12-26-27(21(20)29)13-19(28)25-11-14-1-3-24-4-2-14/h1-4,12,15-17H,5-11,13H2,(H,25,28). The monoisotopic (exact) mass is 488 g/mol. The van der Waals surface area contributed by atoms with Gasteiger partial charge in [-0.05, 0) is 89.9 Å². The number of halogens is 1. The minimum atomic E-state index is -0.246. The molecule has 0 unspecified atom stereocenters. The summed E-state index contributed by atoms with van der Waals surface area (Å²) in [7, 11) is 0. The molecule has 0 radical (unpaired) electrons. The summed E-state index contributed by atoms with van der Waals surface area (Å²) in [5.74, 6) is 2.34. The Hall–Kier alpha value is -1.67. The zero-order valence-electron chi connectivity index (χ0n) is 16.7. The van der Waals surface area contributed by atoms with Crippen molar-refractivity contribution >= 4 is 33.6 Å². The summed E-state index contributed by atoms with van der Waals surface area (Å²) in [5.41, 5.74) is 0.714. The molecule has 2 aromatic heterocycles. The van der Waals surface area contributed by atoms with Crippen LogP contribution in [0.15, 0.2) is 44.9 Å². The Morgan fingerprint density at radius 3 is 2.43 bits per heavy atom. The topological polar surface area (TPSA) is 76.9 Å². The number of thioether (sulfide) groups is 1. The maximum atomic E-state index is 12.8. The number of carbonyl (C=O) groups excluding carboxylic acids is 1. The van der Waals surface area contributed by atoms with E-state index in [9.17, 15) is 9.59 Å². The average molecular weight is 489 g/mol. The summed E-state index contributed by atoms with van der Waals surface area (Å²) in [6.07, 6.45) is 13.1. The smallest absolute Gasteiger partial charge is 0.282 e. The molecule has 0 aromatic carbocycles. The number of hydrogen-bond donors (Lipinski definition) is 1. The van der Waals surface area contributed by atoms with Crippen molar-refractivity contribution in [1.82, 2.24) is 20.1 Å². The van der Waals surface area contributed by atoms with E-state index in [-0.39, 0.29) is 22.8 Å². The molecule has 6 rings (SSSR count). The van der Waals surface area contributed by atoms with Gasteiger partial charge in [-0.25, -0.2) is 4.68 Å². The number of nitrogens with zero attached hydrogens (tertiary/aromatic N) is 3. The molecular weight excluding hydrogens is 464 g/mol. The van der Waals surface area contributed by atoms with Crippen LogP contribution in [0.3, 0.4) is 0 Å². The Bertz CT molecular complexity index is 975. The molecule has 4 aliphatic carbocycles. The first kappa shape index (κ1) is 20.2. The first-order valence-corrected chi connectivity index (χ1v) is 12.2. The largest absolute Gasteiger partial charge is 0.350 e. The Balaban J connectivity index is 1.26. The van der Waals surface area contributed by atoms with E-state index in [0.717, 1.165) is 28.2 Å². The van der Waals surface area contributed by atoms with Gasteiger partial charge in [0.25, 0.3) is 5.56 Å². The van der Waals surface area contributed by atoms with Crippen LogP contribution in [0.25, 0.3) is 0 Å². The van der Waals surface area contributed by atoms with Gasteiger partial charge in [-0.15, -0.1) is 11.8 Å². The van der Waals surface area contributed by atoms with E-state index >= 15 is 0 Å². The number of aromatic nitrogens is 3. The summed E-state index contributed by atoms with van der Waals surface area (Å²) >= 11 is 5.35. The van der Waals surface area contributed by atoms with Gasteiger partial charge in [-0.3, -0.25) is 14.6 Å². The predicted molar refractivity (Wildman–Crippen MR) is 119 cm³/mol. The number of amides is 1. The van der Waals surface area contributed by atoms with Crippen molar-refractivity contribution in [2.75, 3.05) is 0 Å². The second kappa shape index (κ2) is 8.11. The fourth-order valence-corrected chi connectivity index (χ4v) is 8.17. The number of rotatable bonds is 6. The van der Waals surface area contributed by atoms with Crippen LogP contribution in [0.2, 0.25) is 0 Å². The second-order valence-electron chi connectivity index (χ2n) is 9.12. The maximum Gasteiger partial charge on any atom is 0.282 e. The van der Waals surface area contributed by atoms with E-state index in [1.807, 2.05) is 23.9 Å². The van der Waals surface area contributed by atoms with Crippen LogP contribution in [0.1, 0.15) is 44.1 Å². The van der Waals surface area contributed by atoms with E-state index < -0.39 is 0 Å². The SMILES string of the molecule is O=C(Cn1ncc(SC23CC4CC(CC(C4)C2)C3)c(Br)c1=O)NCc1ccncc1. The molecule has 0 saturated heterocycles. The minimum absolute atomic E-state index is 0.0924. The van der Waals surface area contributed by atoms with Crippen molar-refractivity contribution in [2.45, 2.75) is 61.3 Å². The fourth-order valence-electron chi connectivity index (χ4n) is 5.92. The van der Waals surface area contributed by atoms with Gasteiger partial charge in [-0.1, -0.05) is 0 Å². The van der Waals surface area contributed by atoms with Crippen molar-refractivity contribution in [3.8, 4) is 0 Å². The molecule has 1 N–H and O–H groups in total. The summed E-state index contributed by atoms with van der Waals surface area (Å²) < 4.78 is 2.02. The normalized spacial score (nSPS) is 29.2. The highest BCUT2D eigenvalue weighted by molar-refractivity contribution is 9.10. The Labute approximate surface area is 188 Å². The molecule has 0 atom stereocenters. The van der Waals surface area contributed by atoms with E-state index in [2.05, 4.69) is 31.3 Å². The second-order valence-corrected chi connectivity index (χ2v) is 11.4. The van der Waals surface area contributed by atoms with Gasteiger partial charge in [0.2, 0.25) is 5.91 Å². The third kappa shape index (κ3) is 4.08. The molecule has 2 aromatic rings. The molecule has 30 heavy (non-hydrogen) atoms. The van der Waals surface area contributed by atoms with E-state index in [1.54, 1.807) is 18.6 Å². The van der Waals surface area contributed by atoms with Crippen LogP contribution in [0.5, 0.6) is 0 Å². The number of carbonyl (C=O) groups is 1. The third-order valence-electron chi connectivity index (χ3n) is 6.79. The van der Waals surface area contributed by atoms with Crippen molar-refractivity contribution in [1.29, 1.82) is 0 Å². The molecule has 0 spiro atoms. The molecule has 6 nitrogen and oxygen atoms in total. The van der Waals surface area contributed by atoms with Gasteiger partial charge in [-0.2, -0.15) is 5.10 Å². The average Bonchev–Trinajstić information content (AvgIpc) is 2.72. The molecule has 4 bridgehead atoms. The van der Waals surface area contributed by atoms with E-state index in [0.29, 0.717) is 11.0 Å². The van der Waals surface area contributed by atoms with E-state index in [1.165, 1.54) is 43.2 Å². The number of hydrogen-bond acceptors (Lipinski definition) is 5. The molecule has 4 saturated carbocycles. The molecule has 2 heterocycles. The predicted octanol–water partition coefficient (Wildman–Crippen LogP) is 3.78. The summed E-state index contributed by atoms with van der Waals surface area (Å²) in [6.45, 7) is 0.308. The lowest BCUT2D eigenvalue weighted by atomic mass is 9.56. The van der Waals surface area contributed by atoms with Gasteiger partial charge in [0, 0.05) is 28.6 Å². The lowest BCUT2D eigenvalue weighted by Gasteiger charge is -2.56. The van der Waals surface area contributed by atoms with Crippen LogP contribution in [0.4, 0.5) is 0 Å². The van der Waals surface area contributed by atoms with Crippen LogP contribution >= 0.6 is 27.7 Å². The molecule has 4 aliphatic rings. The van der Waals surface area contributed by atoms with Crippen LogP contribution < -0.4 is 10.9 Å². The summed E-state index contributed by atoms with van der Waals surface area (Å²) in [6, 6.07) is 3.69. The zero-order valence-corrected chi connectivity index (χ0v) is 19.1. The van der Waals surface area contributed by atoms with Gasteiger partial charge in [0.1, 0.15) is 6.54 Å².